The van der Waals surface area contributed by atoms with Crippen molar-refractivity contribution in [2.24, 2.45) is 0 Å². The standard InChI is InChI=1S/C24H26N2O3/c1-15(2)17-8-13-23(29)21(14-17)24(20-6-4-5-7-22(20)28)26-19-11-9-18(10-12-19)25-16(3)27/h4-15,24,26,28-29H,1-3H3,(H,25,27). The van der Waals surface area contributed by atoms with Crippen molar-refractivity contribution in [3.63, 3.8) is 0 Å². The van der Waals surface area contributed by atoms with Crippen LogP contribution in [0.25, 0.3) is 0 Å². The van der Waals surface area contributed by atoms with Crippen LogP contribution in [0.15, 0.2) is 66.7 Å². The Morgan fingerprint density at radius 2 is 1.45 bits per heavy atom. The van der Waals surface area contributed by atoms with Crippen LogP contribution in [-0.2, 0) is 4.79 Å². The second-order valence-corrected chi connectivity index (χ2v) is 7.37. The van der Waals surface area contributed by atoms with E-state index in [1.54, 1.807) is 30.3 Å². The van der Waals surface area contributed by atoms with Gasteiger partial charge in [0.05, 0.1) is 6.04 Å². The Morgan fingerprint density at radius 1 is 0.828 bits per heavy atom. The number of hydrogen-bond acceptors (Lipinski definition) is 4. The number of aromatic hydroxyl groups is 2. The summed E-state index contributed by atoms with van der Waals surface area (Å²) in [5, 5.41) is 27.2. The van der Waals surface area contributed by atoms with Crippen molar-refractivity contribution in [1.82, 2.24) is 0 Å². The largest absolute Gasteiger partial charge is 0.508 e. The molecule has 3 aromatic carbocycles. The summed E-state index contributed by atoms with van der Waals surface area (Å²) in [5.74, 6) is 0.476. The van der Waals surface area contributed by atoms with Crippen molar-refractivity contribution in [1.29, 1.82) is 0 Å². The molecule has 0 radical (unpaired) electrons. The number of anilines is 2. The van der Waals surface area contributed by atoms with E-state index in [9.17, 15) is 15.0 Å². The second-order valence-electron chi connectivity index (χ2n) is 7.37. The maximum atomic E-state index is 11.2. The average molecular weight is 390 g/mol. The van der Waals surface area contributed by atoms with Crippen LogP contribution in [0.4, 0.5) is 11.4 Å². The van der Waals surface area contributed by atoms with Crippen LogP contribution >= 0.6 is 0 Å². The van der Waals surface area contributed by atoms with Gasteiger partial charge < -0.3 is 20.8 Å². The molecular formula is C24H26N2O3. The molecule has 0 aliphatic heterocycles. The summed E-state index contributed by atoms with van der Waals surface area (Å²) in [6.45, 7) is 5.66. The third kappa shape index (κ3) is 4.88. The lowest BCUT2D eigenvalue weighted by atomic mass is 9.92. The Balaban J connectivity index is 2.02. The molecule has 150 valence electrons. The van der Waals surface area contributed by atoms with Crippen LogP contribution in [-0.4, -0.2) is 16.1 Å². The number of carbonyl (C=O) groups excluding carboxylic acids is 1. The van der Waals surface area contributed by atoms with Crippen molar-refractivity contribution in [2.45, 2.75) is 32.7 Å². The molecule has 0 saturated heterocycles. The van der Waals surface area contributed by atoms with Crippen LogP contribution in [0.1, 0.15) is 49.4 Å². The minimum atomic E-state index is -0.457. The van der Waals surface area contributed by atoms with Gasteiger partial charge in [0.15, 0.2) is 0 Å². The number of nitrogens with one attached hydrogen (secondary N) is 2. The fourth-order valence-corrected chi connectivity index (χ4v) is 3.24. The summed E-state index contributed by atoms with van der Waals surface area (Å²) in [4.78, 5) is 11.2. The highest BCUT2D eigenvalue weighted by Gasteiger charge is 2.21. The van der Waals surface area contributed by atoms with Gasteiger partial charge in [-0.15, -0.1) is 0 Å². The fourth-order valence-electron chi connectivity index (χ4n) is 3.24. The molecule has 1 atom stereocenters. The first-order chi connectivity index (χ1) is 13.8. The quantitative estimate of drug-likeness (QED) is 0.455. The molecule has 5 heteroatoms. The molecule has 1 unspecified atom stereocenters. The Hall–Kier alpha value is -3.47. The number of benzene rings is 3. The monoisotopic (exact) mass is 390 g/mol. The normalized spacial score (nSPS) is 11.9. The first-order valence-corrected chi connectivity index (χ1v) is 9.60. The van der Waals surface area contributed by atoms with E-state index in [1.165, 1.54) is 6.92 Å². The predicted molar refractivity (Wildman–Crippen MR) is 117 cm³/mol. The summed E-state index contributed by atoms with van der Waals surface area (Å²) in [7, 11) is 0. The number of hydrogen-bond donors (Lipinski definition) is 4. The second kappa shape index (κ2) is 8.69. The Labute approximate surface area is 171 Å². The SMILES string of the molecule is CC(=O)Nc1ccc(NC(c2ccccc2O)c2cc(C(C)C)ccc2O)cc1. The van der Waals surface area contributed by atoms with Crippen LogP contribution in [0, 0.1) is 0 Å². The third-order valence-electron chi connectivity index (χ3n) is 4.79. The van der Waals surface area contributed by atoms with E-state index in [1.807, 2.05) is 36.4 Å². The molecule has 0 saturated carbocycles. The molecule has 0 fully saturated rings. The highest BCUT2D eigenvalue weighted by Crippen LogP contribution is 2.37. The van der Waals surface area contributed by atoms with Gasteiger partial charge in [-0.2, -0.15) is 0 Å². The third-order valence-corrected chi connectivity index (χ3v) is 4.79. The molecule has 29 heavy (non-hydrogen) atoms. The van der Waals surface area contributed by atoms with Crippen LogP contribution < -0.4 is 10.6 Å². The molecule has 0 spiro atoms. The number of rotatable bonds is 6. The zero-order valence-corrected chi connectivity index (χ0v) is 16.8. The minimum Gasteiger partial charge on any atom is -0.508 e. The summed E-state index contributed by atoms with van der Waals surface area (Å²) < 4.78 is 0. The molecule has 3 rings (SSSR count). The van der Waals surface area contributed by atoms with Gasteiger partial charge in [0.2, 0.25) is 5.91 Å². The highest BCUT2D eigenvalue weighted by molar-refractivity contribution is 5.88. The Bertz CT molecular complexity index is 997. The van der Waals surface area contributed by atoms with Crippen LogP contribution in [0.5, 0.6) is 11.5 Å². The van der Waals surface area contributed by atoms with Gasteiger partial charge in [-0.05, 0) is 53.9 Å². The molecule has 5 nitrogen and oxygen atoms in total. The number of phenolic OH excluding ortho intramolecular Hbond substituents is 2. The van der Waals surface area contributed by atoms with Crippen molar-refractivity contribution in [3.05, 3.63) is 83.4 Å². The number of para-hydroxylation sites is 1. The lowest BCUT2D eigenvalue weighted by molar-refractivity contribution is -0.114. The van der Waals surface area contributed by atoms with E-state index in [0.29, 0.717) is 22.7 Å². The topological polar surface area (TPSA) is 81.6 Å². The minimum absolute atomic E-state index is 0.131. The maximum Gasteiger partial charge on any atom is 0.221 e. The molecule has 0 bridgehead atoms. The molecule has 0 aliphatic rings. The lowest BCUT2D eigenvalue weighted by Crippen LogP contribution is -2.13. The summed E-state index contributed by atoms with van der Waals surface area (Å²) >= 11 is 0. The van der Waals surface area contributed by atoms with Crippen molar-refractivity contribution >= 4 is 17.3 Å². The first kappa shape index (κ1) is 20.3. The van der Waals surface area contributed by atoms with Gasteiger partial charge in [0, 0.05) is 29.4 Å². The Kier molecular flexibility index (Phi) is 6.07. The molecular weight excluding hydrogens is 364 g/mol. The zero-order valence-electron chi connectivity index (χ0n) is 16.8. The number of carbonyl (C=O) groups is 1. The molecule has 0 heterocycles. The van der Waals surface area contributed by atoms with Gasteiger partial charge in [-0.25, -0.2) is 0 Å². The van der Waals surface area contributed by atoms with Gasteiger partial charge in [-0.3, -0.25) is 4.79 Å². The molecule has 1 amide bonds. The van der Waals surface area contributed by atoms with Gasteiger partial charge in [0.1, 0.15) is 11.5 Å². The van der Waals surface area contributed by atoms with Gasteiger partial charge in [-0.1, -0.05) is 38.1 Å². The number of amides is 1. The van der Waals surface area contributed by atoms with E-state index in [0.717, 1.165) is 11.3 Å². The van der Waals surface area contributed by atoms with Gasteiger partial charge in [0.25, 0.3) is 0 Å². The van der Waals surface area contributed by atoms with Gasteiger partial charge >= 0.3 is 0 Å². The van der Waals surface area contributed by atoms with Crippen molar-refractivity contribution in [3.8, 4) is 11.5 Å². The molecule has 3 aromatic rings. The smallest absolute Gasteiger partial charge is 0.221 e. The lowest BCUT2D eigenvalue weighted by Gasteiger charge is -2.24. The summed E-state index contributed by atoms with van der Waals surface area (Å²) in [6, 6.07) is 19.5. The maximum absolute atomic E-state index is 11.2. The van der Waals surface area contributed by atoms with E-state index >= 15 is 0 Å². The van der Waals surface area contributed by atoms with Crippen molar-refractivity contribution in [2.75, 3.05) is 10.6 Å². The molecule has 4 N–H and O–H groups in total. The molecule has 0 aliphatic carbocycles. The van der Waals surface area contributed by atoms with E-state index in [-0.39, 0.29) is 17.4 Å². The zero-order chi connectivity index (χ0) is 21.0. The van der Waals surface area contributed by atoms with Crippen molar-refractivity contribution < 1.29 is 15.0 Å². The van der Waals surface area contributed by atoms with Crippen LogP contribution in [0.2, 0.25) is 0 Å². The first-order valence-electron chi connectivity index (χ1n) is 9.60. The number of phenols is 2. The molecule has 0 aromatic heterocycles. The predicted octanol–water partition coefficient (Wildman–Crippen LogP) is 5.38. The highest BCUT2D eigenvalue weighted by atomic mass is 16.3. The van der Waals surface area contributed by atoms with Crippen LogP contribution in [0.3, 0.4) is 0 Å². The average Bonchev–Trinajstić information content (AvgIpc) is 2.68. The summed E-state index contributed by atoms with van der Waals surface area (Å²) in [6.07, 6.45) is 0. The van der Waals surface area contributed by atoms with E-state index < -0.39 is 6.04 Å². The Morgan fingerprint density at radius 3 is 2.07 bits per heavy atom. The van der Waals surface area contributed by atoms with E-state index in [2.05, 4.69) is 24.5 Å². The fraction of sp³-hybridized carbons (Fsp3) is 0.208. The summed E-state index contributed by atoms with van der Waals surface area (Å²) in [5.41, 5.74) is 3.94. The van der Waals surface area contributed by atoms with E-state index in [4.69, 9.17) is 0 Å².